The van der Waals surface area contributed by atoms with E-state index in [1.165, 1.54) is 0 Å². The summed E-state index contributed by atoms with van der Waals surface area (Å²) in [5.74, 6) is 0.628. The van der Waals surface area contributed by atoms with Crippen LogP contribution in [0.2, 0.25) is 0 Å². The van der Waals surface area contributed by atoms with E-state index in [1.54, 1.807) is 0 Å². The van der Waals surface area contributed by atoms with E-state index in [0.29, 0.717) is 5.82 Å². The molecule has 0 saturated carbocycles. The van der Waals surface area contributed by atoms with Crippen LogP contribution in [0, 0.1) is 0 Å². The first-order valence-corrected chi connectivity index (χ1v) is 3.36. The molecule has 1 rings (SSSR count). The molecule has 0 spiro atoms. The summed E-state index contributed by atoms with van der Waals surface area (Å²) in [5, 5.41) is 14.4. The summed E-state index contributed by atoms with van der Waals surface area (Å²) in [5.41, 5.74) is 0. The van der Waals surface area contributed by atoms with Gasteiger partial charge >= 0.3 is 0 Å². The molecule has 0 aromatic carbocycles. The highest BCUT2D eigenvalue weighted by Crippen LogP contribution is 1.93. The van der Waals surface area contributed by atoms with Crippen LogP contribution in [-0.2, 0) is 6.42 Å². The van der Waals surface area contributed by atoms with Crippen molar-refractivity contribution in [2.24, 2.45) is 0 Å². The first-order valence-electron chi connectivity index (χ1n) is 3.86. The molecule has 1 aromatic heterocycles. The molecule has 0 bridgehead atoms. The minimum atomic E-state index is -0.120. The fraction of sp³-hybridized carbons (Fsp3) is 0.667. The highest BCUT2D eigenvalue weighted by atomic mass is 15.3. The SMILES string of the molecule is [2H]c1nnc(CCCC)nn1. The largest absolute Gasteiger partial charge is 0.173 e. The van der Waals surface area contributed by atoms with Crippen LogP contribution in [0.4, 0.5) is 0 Å². The molecule has 0 unspecified atom stereocenters. The molecule has 0 amide bonds. The van der Waals surface area contributed by atoms with Gasteiger partial charge in [-0.15, -0.1) is 20.4 Å². The lowest BCUT2D eigenvalue weighted by Gasteiger charge is -1.91. The van der Waals surface area contributed by atoms with Gasteiger partial charge in [0.2, 0.25) is 0 Å². The molecule has 0 radical (unpaired) electrons. The van der Waals surface area contributed by atoms with Gasteiger partial charge in [-0.3, -0.25) is 0 Å². The third-order valence-electron chi connectivity index (χ3n) is 1.17. The van der Waals surface area contributed by atoms with E-state index in [4.69, 9.17) is 1.37 Å². The molecule has 0 saturated heterocycles. The number of rotatable bonds is 3. The van der Waals surface area contributed by atoms with E-state index >= 15 is 0 Å². The summed E-state index contributed by atoms with van der Waals surface area (Å²) in [4.78, 5) is 0. The van der Waals surface area contributed by atoms with Crippen LogP contribution in [0.3, 0.4) is 0 Å². The fourth-order valence-corrected chi connectivity index (χ4v) is 0.635. The van der Waals surface area contributed by atoms with Crippen LogP contribution in [-0.4, -0.2) is 20.4 Å². The van der Waals surface area contributed by atoms with E-state index in [2.05, 4.69) is 27.3 Å². The van der Waals surface area contributed by atoms with E-state index in [0.717, 1.165) is 19.3 Å². The smallest absolute Gasteiger partial charge is 0.135 e. The van der Waals surface area contributed by atoms with Crippen molar-refractivity contribution in [2.45, 2.75) is 26.2 Å². The van der Waals surface area contributed by atoms with E-state index in [1.807, 2.05) is 0 Å². The molecule has 0 aliphatic carbocycles. The Kier molecular flexibility index (Phi) is 2.21. The van der Waals surface area contributed by atoms with Gasteiger partial charge in [0.05, 0.1) is 0 Å². The fourth-order valence-electron chi connectivity index (χ4n) is 0.635. The Bertz CT molecular complexity index is 210. The first-order chi connectivity index (χ1) is 5.33. The molecule has 10 heavy (non-hydrogen) atoms. The molecular formula is C6H10N4. The van der Waals surface area contributed by atoms with Crippen LogP contribution in [0.15, 0.2) is 6.30 Å². The van der Waals surface area contributed by atoms with Crippen molar-refractivity contribution in [3.63, 3.8) is 0 Å². The lowest BCUT2D eigenvalue weighted by Crippen LogP contribution is -1.98. The number of hydrogen-bond donors (Lipinski definition) is 0. The van der Waals surface area contributed by atoms with Crippen LogP contribution in [0.5, 0.6) is 0 Å². The Hall–Kier alpha value is -1.06. The standard InChI is InChI=1S/C6H10N4/c1-2-3-4-6-9-7-5-8-10-6/h5H,2-4H2,1H3/i5D. The third kappa shape index (κ3) is 2.05. The Morgan fingerprint density at radius 2 is 2.20 bits per heavy atom. The summed E-state index contributed by atoms with van der Waals surface area (Å²) >= 11 is 0. The molecule has 1 heterocycles. The summed E-state index contributed by atoms with van der Waals surface area (Å²) in [6.45, 7) is 2.10. The van der Waals surface area contributed by atoms with Crippen LogP contribution >= 0.6 is 0 Å². The number of aromatic nitrogens is 4. The maximum absolute atomic E-state index is 6.92. The zero-order chi connectivity index (χ0) is 8.10. The second kappa shape index (κ2) is 3.87. The Morgan fingerprint density at radius 1 is 1.50 bits per heavy atom. The lowest BCUT2D eigenvalue weighted by atomic mass is 10.2. The van der Waals surface area contributed by atoms with Gasteiger partial charge < -0.3 is 0 Å². The lowest BCUT2D eigenvalue weighted by molar-refractivity contribution is 0.695. The normalized spacial score (nSPS) is 11.1. The van der Waals surface area contributed by atoms with Crippen molar-refractivity contribution in [3.05, 3.63) is 12.1 Å². The Labute approximate surface area is 61.1 Å². The first kappa shape index (κ1) is 5.70. The van der Waals surface area contributed by atoms with Crippen LogP contribution < -0.4 is 0 Å². The second-order valence-electron chi connectivity index (χ2n) is 2.02. The number of hydrogen-bond acceptors (Lipinski definition) is 4. The maximum Gasteiger partial charge on any atom is 0.173 e. The zero-order valence-electron chi connectivity index (χ0n) is 6.91. The quantitative estimate of drug-likeness (QED) is 0.615. The molecule has 0 aliphatic rings. The molecule has 0 atom stereocenters. The van der Waals surface area contributed by atoms with E-state index in [9.17, 15) is 0 Å². The van der Waals surface area contributed by atoms with Crippen molar-refractivity contribution < 1.29 is 1.37 Å². The summed E-state index contributed by atoms with van der Waals surface area (Å²) < 4.78 is 6.92. The van der Waals surface area contributed by atoms with E-state index < -0.39 is 0 Å². The van der Waals surface area contributed by atoms with Gasteiger partial charge in [0.1, 0.15) is 1.37 Å². The van der Waals surface area contributed by atoms with Gasteiger partial charge in [0.25, 0.3) is 0 Å². The Morgan fingerprint density at radius 3 is 2.80 bits per heavy atom. The highest BCUT2D eigenvalue weighted by molar-refractivity contribution is 4.75. The van der Waals surface area contributed by atoms with Gasteiger partial charge in [-0.2, -0.15) is 0 Å². The van der Waals surface area contributed by atoms with Gasteiger partial charge in [-0.05, 0) is 6.42 Å². The van der Waals surface area contributed by atoms with E-state index in [-0.39, 0.29) is 6.30 Å². The molecule has 54 valence electrons. The molecule has 0 aliphatic heterocycles. The topological polar surface area (TPSA) is 51.6 Å². The van der Waals surface area contributed by atoms with Gasteiger partial charge in [0, 0.05) is 6.42 Å². The molecule has 1 aromatic rings. The van der Waals surface area contributed by atoms with Crippen LogP contribution in [0.25, 0.3) is 0 Å². The average molecular weight is 139 g/mol. The molecule has 4 nitrogen and oxygen atoms in total. The molecular weight excluding hydrogens is 128 g/mol. The third-order valence-corrected chi connectivity index (χ3v) is 1.17. The number of nitrogens with zero attached hydrogens (tertiary/aromatic N) is 4. The predicted octanol–water partition coefficient (Wildman–Crippen LogP) is 0.609. The summed E-state index contributed by atoms with van der Waals surface area (Å²) in [7, 11) is 0. The minimum absolute atomic E-state index is 0.120. The van der Waals surface area contributed by atoms with Crippen molar-refractivity contribution >= 4 is 0 Å². The number of unbranched alkanes of at least 4 members (excludes halogenated alkanes) is 1. The Balaban J connectivity index is 2.52. The van der Waals surface area contributed by atoms with Crippen molar-refractivity contribution in [1.82, 2.24) is 20.4 Å². The maximum atomic E-state index is 6.92. The molecule has 0 N–H and O–H groups in total. The van der Waals surface area contributed by atoms with Gasteiger partial charge in [-0.1, -0.05) is 13.3 Å². The second-order valence-corrected chi connectivity index (χ2v) is 2.02. The highest BCUT2D eigenvalue weighted by Gasteiger charge is 1.93. The predicted molar refractivity (Wildman–Crippen MR) is 36.2 cm³/mol. The van der Waals surface area contributed by atoms with Crippen molar-refractivity contribution in [3.8, 4) is 0 Å². The average Bonchev–Trinajstić information content (AvgIpc) is 2.04. The summed E-state index contributed by atoms with van der Waals surface area (Å²) in [6, 6.07) is 0. The minimum Gasteiger partial charge on any atom is -0.135 e. The van der Waals surface area contributed by atoms with Gasteiger partial charge in [0.15, 0.2) is 12.1 Å². The number of aryl methyl sites for hydroxylation is 1. The molecule has 0 fully saturated rings. The van der Waals surface area contributed by atoms with Crippen molar-refractivity contribution in [2.75, 3.05) is 0 Å². The summed E-state index contributed by atoms with van der Waals surface area (Å²) in [6.07, 6.45) is 2.83. The monoisotopic (exact) mass is 139 g/mol. The zero-order valence-corrected chi connectivity index (χ0v) is 5.91. The van der Waals surface area contributed by atoms with Gasteiger partial charge in [-0.25, -0.2) is 0 Å². The molecule has 4 heteroatoms. The van der Waals surface area contributed by atoms with Crippen molar-refractivity contribution in [1.29, 1.82) is 0 Å². The van der Waals surface area contributed by atoms with Crippen LogP contribution in [0.1, 0.15) is 27.0 Å².